The van der Waals surface area contributed by atoms with Crippen LogP contribution in [0, 0.1) is 6.92 Å². The number of carbonyl (C=O) groups is 1. The topological polar surface area (TPSA) is 32.8 Å². The first-order valence-electron chi connectivity index (χ1n) is 10.0. The highest BCUT2D eigenvalue weighted by molar-refractivity contribution is 5.92. The molecule has 2 aromatic carbocycles. The van der Waals surface area contributed by atoms with Gasteiger partial charge in [0.15, 0.2) is 0 Å². The fourth-order valence-corrected chi connectivity index (χ4v) is 3.43. The first kappa shape index (κ1) is 20.3. The van der Waals surface area contributed by atoms with Gasteiger partial charge >= 0.3 is 0 Å². The number of nitrogens with zero attached hydrogens (tertiary/aromatic N) is 2. The van der Waals surface area contributed by atoms with Gasteiger partial charge in [-0.25, -0.2) is 0 Å². The molecule has 2 aromatic rings. The highest BCUT2D eigenvalue weighted by atomic mass is 16.5. The summed E-state index contributed by atoms with van der Waals surface area (Å²) in [5.74, 6) is 0.0465. The first-order chi connectivity index (χ1) is 13.6. The molecule has 1 aliphatic rings. The van der Waals surface area contributed by atoms with E-state index in [9.17, 15) is 4.79 Å². The van der Waals surface area contributed by atoms with E-state index in [0.29, 0.717) is 6.54 Å². The van der Waals surface area contributed by atoms with Crippen LogP contribution in [0.5, 0.6) is 0 Å². The summed E-state index contributed by atoms with van der Waals surface area (Å²) in [6.45, 7) is 9.07. The molecule has 4 heteroatoms. The number of rotatable bonds is 7. The van der Waals surface area contributed by atoms with Gasteiger partial charge in [0.05, 0.1) is 13.2 Å². The molecule has 0 spiro atoms. The number of hydrogen-bond donors (Lipinski definition) is 0. The van der Waals surface area contributed by atoms with Gasteiger partial charge in [-0.05, 0) is 31.1 Å². The zero-order valence-corrected chi connectivity index (χ0v) is 16.9. The molecule has 0 saturated carbocycles. The Balaban J connectivity index is 1.71. The molecule has 28 heavy (non-hydrogen) atoms. The summed E-state index contributed by atoms with van der Waals surface area (Å²) in [6.07, 6.45) is 3.60. The number of carbonyl (C=O) groups excluding carboxylic acids is 1. The summed E-state index contributed by atoms with van der Waals surface area (Å²) in [5.41, 5.74) is 3.40. The maximum absolute atomic E-state index is 13.1. The van der Waals surface area contributed by atoms with E-state index < -0.39 is 0 Å². The van der Waals surface area contributed by atoms with E-state index in [2.05, 4.69) is 43.0 Å². The number of morpholine rings is 1. The molecule has 1 atom stereocenters. The minimum Gasteiger partial charge on any atom is -0.379 e. The molecule has 1 heterocycles. The van der Waals surface area contributed by atoms with Crippen LogP contribution in [0.3, 0.4) is 0 Å². The first-order valence-corrected chi connectivity index (χ1v) is 10.0. The van der Waals surface area contributed by atoms with E-state index in [1.54, 1.807) is 6.08 Å². The van der Waals surface area contributed by atoms with Gasteiger partial charge < -0.3 is 9.64 Å². The Hall–Kier alpha value is -2.43. The number of amides is 1. The second-order valence-corrected chi connectivity index (χ2v) is 7.46. The van der Waals surface area contributed by atoms with Crippen LogP contribution >= 0.6 is 0 Å². The van der Waals surface area contributed by atoms with Gasteiger partial charge in [-0.3, -0.25) is 9.69 Å². The van der Waals surface area contributed by atoms with Crippen LogP contribution in [-0.4, -0.2) is 54.6 Å². The third kappa shape index (κ3) is 6.04. The standard InChI is InChI=1S/C24H30N2O2/c1-20-8-10-22(11-9-20)12-13-24(27)26(19-23-6-4-3-5-7-23)21(2)18-25-14-16-28-17-15-25/h3-13,21H,14-19H2,1-2H3/b13-12+. The van der Waals surface area contributed by atoms with Crippen molar-refractivity contribution in [3.63, 3.8) is 0 Å². The molecular weight excluding hydrogens is 348 g/mol. The fourth-order valence-electron chi connectivity index (χ4n) is 3.43. The van der Waals surface area contributed by atoms with Gasteiger partial charge in [0.2, 0.25) is 5.91 Å². The third-order valence-corrected chi connectivity index (χ3v) is 5.13. The van der Waals surface area contributed by atoms with Crippen LogP contribution in [0.1, 0.15) is 23.6 Å². The summed E-state index contributed by atoms with van der Waals surface area (Å²) >= 11 is 0. The van der Waals surface area contributed by atoms with Crippen molar-refractivity contribution in [2.45, 2.75) is 26.4 Å². The van der Waals surface area contributed by atoms with Gasteiger partial charge in [0.25, 0.3) is 0 Å². The fraction of sp³-hybridized carbons (Fsp3) is 0.375. The Morgan fingerprint density at radius 2 is 1.79 bits per heavy atom. The van der Waals surface area contributed by atoms with Gasteiger partial charge in [0, 0.05) is 38.3 Å². The van der Waals surface area contributed by atoms with Crippen LogP contribution in [0.25, 0.3) is 6.08 Å². The molecule has 1 unspecified atom stereocenters. The van der Waals surface area contributed by atoms with E-state index in [4.69, 9.17) is 4.74 Å². The van der Waals surface area contributed by atoms with Crippen molar-refractivity contribution in [1.82, 2.24) is 9.80 Å². The summed E-state index contributed by atoms with van der Waals surface area (Å²) in [5, 5.41) is 0. The Bertz CT molecular complexity index is 765. The lowest BCUT2D eigenvalue weighted by atomic mass is 10.1. The van der Waals surface area contributed by atoms with E-state index in [1.165, 1.54) is 5.56 Å². The number of benzene rings is 2. The molecule has 0 radical (unpaired) electrons. The Kier molecular flexibility index (Phi) is 7.40. The summed E-state index contributed by atoms with van der Waals surface area (Å²) < 4.78 is 5.45. The molecule has 1 amide bonds. The predicted octanol–water partition coefficient (Wildman–Crippen LogP) is 3.76. The lowest BCUT2D eigenvalue weighted by Gasteiger charge is -2.34. The maximum atomic E-state index is 13.1. The average Bonchev–Trinajstić information content (AvgIpc) is 2.73. The second-order valence-electron chi connectivity index (χ2n) is 7.46. The third-order valence-electron chi connectivity index (χ3n) is 5.13. The molecule has 0 N–H and O–H groups in total. The van der Waals surface area contributed by atoms with Gasteiger partial charge in [-0.1, -0.05) is 60.2 Å². The number of ether oxygens (including phenoxy) is 1. The largest absolute Gasteiger partial charge is 0.379 e. The molecule has 0 aromatic heterocycles. The highest BCUT2D eigenvalue weighted by Gasteiger charge is 2.22. The molecule has 4 nitrogen and oxygen atoms in total. The van der Waals surface area contributed by atoms with Crippen molar-refractivity contribution < 1.29 is 9.53 Å². The molecule has 1 aliphatic heterocycles. The molecule has 0 aliphatic carbocycles. The van der Waals surface area contributed by atoms with Crippen molar-refractivity contribution >= 4 is 12.0 Å². The minimum absolute atomic E-state index is 0.0465. The van der Waals surface area contributed by atoms with Crippen molar-refractivity contribution in [3.05, 3.63) is 77.4 Å². The monoisotopic (exact) mass is 378 g/mol. The summed E-state index contributed by atoms with van der Waals surface area (Å²) in [7, 11) is 0. The van der Waals surface area contributed by atoms with Gasteiger partial charge in [-0.2, -0.15) is 0 Å². The molecule has 1 fully saturated rings. The molecular formula is C24H30N2O2. The average molecular weight is 379 g/mol. The van der Waals surface area contributed by atoms with E-state index >= 15 is 0 Å². The Morgan fingerprint density at radius 1 is 1.11 bits per heavy atom. The van der Waals surface area contributed by atoms with Crippen molar-refractivity contribution in [2.75, 3.05) is 32.8 Å². The van der Waals surface area contributed by atoms with Crippen LogP contribution in [0.2, 0.25) is 0 Å². The van der Waals surface area contributed by atoms with E-state index in [-0.39, 0.29) is 11.9 Å². The number of hydrogen-bond acceptors (Lipinski definition) is 3. The Morgan fingerprint density at radius 3 is 2.46 bits per heavy atom. The minimum atomic E-state index is 0.0465. The lowest BCUT2D eigenvalue weighted by molar-refractivity contribution is -0.129. The second kappa shape index (κ2) is 10.2. The smallest absolute Gasteiger partial charge is 0.247 e. The zero-order chi connectivity index (χ0) is 19.8. The zero-order valence-electron chi connectivity index (χ0n) is 16.9. The maximum Gasteiger partial charge on any atom is 0.247 e. The highest BCUT2D eigenvalue weighted by Crippen LogP contribution is 2.13. The SMILES string of the molecule is Cc1ccc(/C=C/C(=O)N(Cc2ccccc2)C(C)CN2CCOCC2)cc1. The van der Waals surface area contributed by atoms with Crippen molar-refractivity contribution in [1.29, 1.82) is 0 Å². The van der Waals surface area contributed by atoms with Crippen molar-refractivity contribution in [2.24, 2.45) is 0 Å². The Labute approximate surface area is 168 Å². The number of aryl methyl sites for hydroxylation is 1. The van der Waals surface area contributed by atoms with Crippen LogP contribution in [0.15, 0.2) is 60.7 Å². The quantitative estimate of drug-likeness (QED) is 0.688. The molecule has 148 valence electrons. The summed E-state index contributed by atoms with van der Waals surface area (Å²) in [4.78, 5) is 17.4. The van der Waals surface area contributed by atoms with Crippen LogP contribution in [0.4, 0.5) is 0 Å². The van der Waals surface area contributed by atoms with Crippen LogP contribution < -0.4 is 0 Å². The lowest BCUT2D eigenvalue weighted by Crippen LogP contribution is -2.47. The normalized spacial score (nSPS) is 16.2. The van der Waals surface area contributed by atoms with Crippen LogP contribution in [-0.2, 0) is 16.1 Å². The van der Waals surface area contributed by atoms with Gasteiger partial charge in [0.1, 0.15) is 0 Å². The molecule has 0 bridgehead atoms. The van der Waals surface area contributed by atoms with E-state index in [0.717, 1.165) is 44.0 Å². The van der Waals surface area contributed by atoms with Crippen molar-refractivity contribution in [3.8, 4) is 0 Å². The van der Waals surface area contributed by atoms with E-state index in [1.807, 2.05) is 41.3 Å². The predicted molar refractivity (Wildman–Crippen MR) is 114 cm³/mol. The molecule has 3 rings (SSSR count). The van der Waals surface area contributed by atoms with Gasteiger partial charge in [-0.15, -0.1) is 0 Å². The molecule has 1 saturated heterocycles. The summed E-state index contributed by atoms with van der Waals surface area (Å²) in [6, 6.07) is 18.5.